The van der Waals surface area contributed by atoms with Crippen LogP contribution in [0.1, 0.15) is 52.0 Å². The second kappa shape index (κ2) is 8.57. The van der Waals surface area contributed by atoms with Crippen molar-refractivity contribution in [2.45, 2.75) is 43.2 Å². The monoisotopic (exact) mass is 427 g/mol. The largest absolute Gasteiger partial charge is 0.349 e. The molecule has 8 heteroatoms. The van der Waals surface area contributed by atoms with Crippen LogP contribution in [0.15, 0.2) is 53.4 Å². The third kappa shape index (κ3) is 5.46. The number of benzene rings is 2. The lowest BCUT2D eigenvalue weighted by Crippen LogP contribution is -2.27. The van der Waals surface area contributed by atoms with Crippen molar-refractivity contribution in [3.05, 3.63) is 65.2 Å². The predicted molar refractivity (Wildman–Crippen MR) is 112 cm³/mol. The second-order valence-electron chi connectivity index (χ2n) is 7.95. The lowest BCUT2D eigenvalue weighted by molar-refractivity contribution is 0.0941. The van der Waals surface area contributed by atoms with Crippen molar-refractivity contribution in [2.24, 2.45) is 5.92 Å². The van der Waals surface area contributed by atoms with Crippen LogP contribution in [0.4, 0.5) is 0 Å². The maximum atomic E-state index is 12.5. The van der Waals surface area contributed by atoms with Crippen LogP contribution in [0.25, 0.3) is 0 Å². The third-order valence-electron chi connectivity index (χ3n) is 5.25. The molecule has 2 aliphatic rings. The van der Waals surface area contributed by atoms with Crippen LogP contribution in [0.3, 0.4) is 0 Å². The number of nitrogens with one attached hydrogen (secondary N) is 3. The normalized spacial score (nSPS) is 16.1. The van der Waals surface area contributed by atoms with Gasteiger partial charge in [-0.25, -0.2) is 13.1 Å². The van der Waals surface area contributed by atoms with Crippen molar-refractivity contribution in [1.82, 2.24) is 15.4 Å². The number of carbonyl (C=O) groups is 2. The molecular weight excluding hydrogens is 402 g/mol. The van der Waals surface area contributed by atoms with Gasteiger partial charge in [0.05, 0.1) is 4.90 Å². The van der Waals surface area contributed by atoms with Crippen LogP contribution in [-0.4, -0.2) is 32.8 Å². The number of hydrogen-bond acceptors (Lipinski definition) is 4. The van der Waals surface area contributed by atoms with E-state index in [1.807, 2.05) is 0 Å². The Morgan fingerprint density at radius 1 is 0.900 bits per heavy atom. The molecule has 2 aromatic carbocycles. The van der Waals surface area contributed by atoms with Gasteiger partial charge in [-0.3, -0.25) is 9.59 Å². The molecule has 7 nitrogen and oxygen atoms in total. The number of hydrogen-bond donors (Lipinski definition) is 3. The highest BCUT2D eigenvalue weighted by atomic mass is 32.2. The summed E-state index contributed by atoms with van der Waals surface area (Å²) in [6.45, 7) is 0.716. The zero-order chi connectivity index (χ0) is 21.1. The van der Waals surface area contributed by atoms with E-state index in [1.54, 1.807) is 36.4 Å². The molecule has 4 rings (SSSR count). The molecule has 0 heterocycles. The van der Waals surface area contributed by atoms with E-state index in [4.69, 9.17) is 0 Å². The fourth-order valence-electron chi connectivity index (χ4n) is 2.99. The summed E-state index contributed by atoms with van der Waals surface area (Å²) in [7, 11) is -3.62. The zero-order valence-corrected chi connectivity index (χ0v) is 17.4. The number of sulfonamides is 1. The quantitative estimate of drug-likeness (QED) is 0.571. The van der Waals surface area contributed by atoms with Gasteiger partial charge in [0.2, 0.25) is 10.0 Å². The Hall–Kier alpha value is -2.71. The predicted octanol–water partition coefficient (Wildman–Crippen LogP) is 2.20. The summed E-state index contributed by atoms with van der Waals surface area (Å²) in [4.78, 5) is 24.6. The van der Waals surface area contributed by atoms with E-state index in [9.17, 15) is 18.0 Å². The second-order valence-corrected chi connectivity index (χ2v) is 9.72. The number of rotatable bonds is 9. The third-order valence-corrected chi connectivity index (χ3v) is 6.67. The molecule has 2 aliphatic carbocycles. The van der Waals surface area contributed by atoms with Gasteiger partial charge < -0.3 is 10.6 Å². The summed E-state index contributed by atoms with van der Waals surface area (Å²) in [5.74, 6) is -0.0105. The highest BCUT2D eigenvalue weighted by molar-refractivity contribution is 7.89. The Kier molecular flexibility index (Phi) is 5.87. The molecule has 3 N–H and O–H groups in total. The molecule has 0 atom stereocenters. The zero-order valence-electron chi connectivity index (χ0n) is 16.6. The molecule has 0 aromatic heterocycles. The summed E-state index contributed by atoms with van der Waals surface area (Å²) in [5, 5.41) is 5.72. The molecule has 0 radical (unpaired) electrons. The van der Waals surface area contributed by atoms with Crippen LogP contribution in [-0.2, 0) is 16.6 Å². The van der Waals surface area contributed by atoms with Gasteiger partial charge in [-0.2, -0.15) is 0 Å². The van der Waals surface area contributed by atoms with Crippen LogP contribution in [0.5, 0.6) is 0 Å². The SMILES string of the molecule is O=C(NCc1ccc(C(=O)NC2CC2)cc1)c1cccc(S(=O)(=O)NCC2CC2)c1. The lowest BCUT2D eigenvalue weighted by atomic mass is 10.1. The highest BCUT2D eigenvalue weighted by Gasteiger charge is 2.25. The van der Waals surface area contributed by atoms with Crippen molar-refractivity contribution >= 4 is 21.8 Å². The van der Waals surface area contributed by atoms with Crippen molar-refractivity contribution in [1.29, 1.82) is 0 Å². The average Bonchev–Trinajstić information content (AvgIpc) is 3.67. The minimum atomic E-state index is -3.62. The summed E-state index contributed by atoms with van der Waals surface area (Å²) >= 11 is 0. The minimum Gasteiger partial charge on any atom is -0.349 e. The number of amides is 2. The Morgan fingerprint density at radius 3 is 2.30 bits per heavy atom. The summed E-state index contributed by atoms with van der Waals surface area (Å²) in [6.07, 6.45) is 4.18. The maximum Gasteiger partial charge on any atom is 0.251 e. The average molecular weight is 428 g/mol. The van der Waals surface area contributed by atoms with Gasteiger partial charge in [0.15, 0.2) is 0 Å². The molecule has 30 heavy (non-hydrogen) atoms. The standard InChI is InChI=1S/C22H25N3O4S/c26-21(18-2-1-3-20(12-18)30(28,29)24-14-16-4-5-16)23-13-15-6-8-17(9-7-15)22(27)25-19-10-11-19/h1-3,6-9,12,16,19,24H,4-5,10-11,13-14H2,(H,23,26)(H,25,27). The Balaban J connectivity index is 1.33. The molecule has 2 fully saturated rings. The first kappa shape index (κ1) is 20.6. The van der Waals surface area contributed by atoms with Crippen molar-refractivity contribution in [3.63, 3.8) is 0 Å². The van der Waals surface area contributed by atoms with Gasteiger partial charge in [-0.1, -0.05) is 18.2 Å². The van der Waals surface area contributed by atoms with Crippen LogP contribution >= 0.6 is 0 Å². The van der Waals surface area contributed by atoms with E-state index < -0.39 is 10.0 Å². The fraction of sp³-hybridized carbons (Fsp3) is 0.364. The Labute approximate surface area is 176 Å². The van der Waals surface area contributed by atoms with E-state index >= 15 is 0 Å². The molecule has 158 valence electrons. The van der Waals surface area contributed by atoms with Crippen LogP contribution in [0.2, 0.25) is 0 Å². The Bertz CT molecular complexity index is 1040. The molecule has 2 amide bonds. The summed E-state index contributed by atoms with van der Waals surface area (Å²) in [6, 6.07) is 13.4. The minimum absolute atomic E-state index is 0.0820. The first-order chi connectivity index (χ1) is 14.4. The molecule has 0 unspecified atom stereocenters. The molecule has 0 aliphatic heterocycles. The van der Waals surface area contributed by atoms with E-state index in [-0.39, 0.29) is 28.8 Å². The molecular formula is C22H25N3O4S. The van der Waals surface area contributed by atoms with Crippen molar-refractivity contribution < 1.29 is 18.0 Å². The van der Waals surface area contributed by atoms with Gasteiger partial charge in [-0.05, 0) is 67.5 Å². The maximum absolute atomic E-state index is 12.5. The van der Waals surface area contributed by atoms with Crippen LogP contribution in [0, 0.1) is 5.92 Å². The molecule has 0 bridgehead atoms. The van der Waals surface area contributed by atoms with E-state index in [1.165, 1.54) is 12.1 Å². The van der Waals surface area contributed by atoms with Gasteiger partial charge in [-0.15, -0.1) is 0 Å². The topological polar surface area (TPSA) is 104 Å². The van der Waals surface area contributed by atoms with Gasteiger partial charge in [0.25, 0.3) is 11.8 Å². The highest BCUT2D eigenvalue weighted by Crippen LogP contribution is 2.28. The van der Waals surface area contributed by atoms with Gasteiger partial charge in [0.1, 0.15) is 0 Å². The summed E-state index contributed by atoms with van der Waals surface area (Å²) < 4.78 is 27.4. The lowest BCUT2D eigenvalue weighted by Gasteiger charge is -2.09. The van der Waals surface area contributed by atoms with E-state index in [2.05, 4.69) is 15.4 Å². The number of carbonyl (C=O) groups excluding carboxylic acids is 2. The van der Waals surface area contributed by atoms with Crippen molar-refractivity contribution in [2.75, 3.05) is 6.54 Å². The summed E-state index contributed by atoms with van der Waals surface area (Å²) in [5.41, 5.74) is 1.72. The smallest absolute Gasteiger partial charge is 0.251 e. The first-order valence-corrected chi connectivity index (χ1v) is 11.7. The van der Waals surface area contributed by atoms with E-state index in [0.717, 1.165) is 31.2 Å². The fourth-order valence-corrected chi connectivity index (χ4v) is 4.15. The van der Waals surface area contributed by atoms with Gasteiger partial charge >= 0.3 is 0 Å². The molecule has 2 saturated carbocycles. The Morgan fingerprint density at radius 2 is 1.63 bits per heavy atom. The first-order valence-electron chi connectivity index (χ1n) is 10.2. The molecule has 2 aromatic rings. The van der Waals surface area contributed by atoms with Gasteiger partial charge in [0, 0.05) is 30.3 Å². The van der Waals surface area contributed by atoms with E-state index in [0.29, 0.717) is 24.1 Å². The van der Waals surface area contributed by atoms with Crippen molar-refractivity contribution in [3.8, 4) is 0 Å². The molecule has 0 spiro atoms. The van der Waals surface area contributed by atoms with Crippen LogP contribution < -0.4 is 15.4 Å². The molecule has 0 saturated heterocycles.